The van der Waals surface area contributed by atoms with Crippen LogP contribution in [0.4, 0.5) is 5.69 Å². The molecule has 106 valence electrons. The monoisotopic (exact) mass is 330 g/mol. The fourth-order valence-electron chi connectivity index (χ4n) is 1.47. The van der Waals surface area contributed by atoms with Crippen LogP contribution in [-0.4, -0.2) is 23.6 Å². The van der Waals surface area contributed by atoms with Crippen molar-refractivity contribution in [3.8, 4) is 5.75 Å². The molecule has 0 unspecified atom stereocenters. The van der Waals surface area contributed by atoms with Crippen molar-refractivity contribution in [2.24, 2.45) is 0 Å². The summed E-state index contributed by atoms with van der Waals surface area (Å²) in [6.07, 6.45) is 0.840. The van der Waals surface area contributed by atoms with E-state index in [-0.39, 0.29) is 11.2 Å². The van der Waals surface area contributed by atoms with Crippen LogP contribution in [0.2, 0.25) is 0 Å². The van der Waals surface area contributed by atoms with Gasteiger partial charge in [0.05, 0.1) is 11.5 Å². The van der Waals surface area contributed by atoms with E-state index in [4.69, 9.17) is 4.74 Å². The Kier molecular flexibility index (Phi) is 5.75. The number of nitrogens with one attached hydrogen (secondary N) is 1. The Morgan fingerprint density at radius 1 is 1.42 bits per heavy atom. The van der Waals surface area contributed by atoms with Gasteiger partial charge in [-0.25, -0.2) is 0 Å². The molecule has 0 saturated carbocycles. The summed E-state index contributed by atoms with van der Waals surface area (Å²) >= 11 is 3.20. The van der Waals surface area contributed by atoms with E-state index in [1.807, 2.05) is 0 Å². The van der Waals surface area contributed by atoms with Crippen LogP contribution in [-0.2, 0) is 0 Å². The molecule has 1 aromatic carbocycles. The Morgan fingerprint density at radius 2 is 2.11 bits per heavy atom. The summed E-state index contributed by atoms with van der Waals surface area (Å²) in [5.74, 6) is 0.505. The van der Waals surface area contributed by atoms with E-state index in [1.54, 1.807) is 12.1 Å². The molecule has 19 heavy (non-hydrogen) atoms. The van der Waals surface area contributed by atoms with E-state index in [9.17, 15) is 10.1 Å². The number of benzene rings is 1. The van der Waals surface area contributed by atoms with Gasteiger partial charge in [0.15, 0.2) is 0 Å². The Labute approximate surface area is 121 Å². The number of ether oxygens (including phenoxy) is 1. The number of rotatable bonds is 6. The van der Waals surface area contributed by atoms with Crippen LogP contribution >= 0.6 is 15.9 Å². The second-order valence-electron chi connectivity index (χ2n) is 5.23. The van der Waals surface area contributed by atoms with Crippen LogP contribution in [0, 0.1) is 10.1 Å². The molecule has 6 heteroatoms. The van der Waals surface area contributed by atoms with E-state index >= 15 is 0 Å². The van der Waals surface area contributed by atoms with E-state index in [1.165, 1.54) is 6.07 Å². The van der Waals surface area contributed by atoms with Gasteiger partial charge in [-0.3, -0.25) is 10.1 Å². The molecule has 0 aromatic heterocycles. The molecule has 0 atom stereocenters. The van der Waals surface area contributed by atoms with Gasteiger partial charge in [0.2, 0.25) is 0 Å². The first kappa shape index (κ1) is 15.9. The van der Waals surface area contributed by atoms with Crippen LogP contribution in [0.15, 0.2) is 22.7 Å². The van der Waals surface area contributed by atoms with Gasteiger partial charge in [0.25, 0.3) is 5.69 Å². The molecule has 0 bridgehead atoms. The summed E-state index contributed by atoms with van der Waals surface area (Å²) in [4.78, 5) is 10.3. The SMILES string of the molecule is CC(C)(C)NCCCOc1cccc([N+](=O)[O-])c1Br. The van der Waals surface area contributed by atoms with Crippen molar-refractivity contribution in [2.75, 3.05) is 13.2 Å². The summed E-state index contributed by atoms with van der Waals surface area (Å²) in [5, 5.41) is 14.1. The van der Waals surface area contributed by atoms with E-state index in [0.29, 0.717) is 16.8 Å². The third-order valence-electron chi connectivity index (χ3n) is 2.37. The number of nitrogens with zero attached hydrogens (tertiary/aromatic N) is 1. The largest absolute Gasteiger partial charge is 0.492 e. The fourth-order valence-corrected chi connectivity index (χ4v) is 1.99. The van der Waals surface area contributed by atoms with Gasteiger partial charge in [-0.2, -0.15) is 0 Å². The van der Waals surface area contributed by atoms with Gasteiger partial charge < -0.3 is 10.1 Å². The zero-order chi connectivity index (χ0) is 14.5. The molecule has 1 N–H and O–H groups in total. The third-order valence-corrected chi connectivity index (χ3v) is 3.17. The molecule has 1 aromatic rings. The van der Waals surface area contributed by atoms with Gasteiger partial charge in [0.1, 0.15) is 10.2 Å². The molecule has 0 aliphatic carbocycles. The number of halogens is 1. The quantitative estimate of drug-likeness (QED) is 0.492. The lowest BCUT2D eigenvalue weighted by atomic mass is 10.1. The van der Waals surface area contributed by atoms with Crippen molar-refractivity contribution >= 4 is 21.6 Å². The molecular formula is C13H19BrN2O3. The Balaban J connectivity index is 2.46. The van der Waals surface area contributed by atoms with E-state index < -0.39 is 4.92 Å². The minimum absolute atomic E-state index is 0.0188. The van der Waals surface area contributed by atoms with Crippen molar-refractivity contribution < 1.29 is 9.66 Å². The Morgan fingerprint density at radius 3 is 2.68 bits per heavy atom. The first-order valence-electron chi connectivity index (χ1n) is 6.12. The summed E-state index contributed by atoms with van der Waals surface area (Å²) in [6.45, 7) is 7.67. The molecule has 0 fully saturated rings. The maximum atomic E-state index is 10.8. The predicted octanol–water partition coefficient (Wildman–Crippen LogP) is 3.51. The van der Waals surface area contributed by atoms with Crippen LogP contribution in [0.25, 0.3) is 0 Å². The van der Waals surface area contributed by atoms with E-state index in [0.717, 1.165) is 13.0 Å². The van der Waals surface area contributed by atoms with Gasteiger partial charge in [-0.15, -0.1) is 0 Å². The second-order valence-corrected chi connectivity index (χ2v) is 6.02. The number of nitro groups is 1. The minimum atomic E-state index is -0.432. The highest BCUT2D eigenvalue weighted by Gasteiger charge is 2.15. The van der Waals surface area contributed by atoms with Crippen molar-refractivity contribution in [1.29, 1.82) is 0 Å². The summed E-state index contributed by atoms with van der Waals surface area (Å²) in [6, 6.07) is 4.78. The average Bonchev–Trinajstić information content (AvgIpc) is 2.28. The molecule has 0 saturated heterocycles. The molecule has 1 rings (SSSR count). The first-order chi connectivity index (χ1) is 8.81. The number of hydrogen-bond donors (Lipinski definition) is 1. The molecule has 0 radical (unpaired) electrons. The zero-order valence-electron chi connectivity index (χ0n) is 11.4. The van der Waals surface area contributed by atoms with Gasteiger partial charge in [-0.05, 0) is 55.7 Å². The molecular weight excluding hydrogens is 312 g/mol. The Hall–Kier alpha value is -1.14. The van der Waals surface area contributed by atoms with Crippen LogP contribution in [0.1, 0.15) is 27.2 Å². The average molecular weight is 331 g/mol. The number of nitro benzene ring substituents is 1. The summed E-state index contributed by atoms with van der Waals surface area (Å²) in [7, 11) is 0. The number of hydrogen-bond acceptors (Lipinski definition) is 4. The predicted molar refractivity (Wildman–Crippen MR) is 78.7 cm³/mol. The van der Waals surface area contributed by atoms with E-state index in [2.05, 4.69) is 42.0 Å². The fraction of sp³-hybridized carbons (Fsp3) is 0.538. The van der Waals surface area contributed by atoms with Gasteiger partial charge in [-0.1, -0.05) is 6.07 Å². The van der Waals surface area contributed by atoms with Crippen molar-refractivity contribution in [3.63, 3.8) is 0 Å². The van der Waals surface area contributed by atoms with Crippen molar-refractivity contribution in [1.82, 2.24) is 5.32 Å². The zero-order valence-corrected chi connectivity index (χ0v) is 13.0. The lowest BCUT2D eigenvalue weighted by Crippen LogP contribution is -2.36. The standard InChI is InChI=1S/C13H19BrN2O3/c1-13(2,3)15-8-5-9-19-11-7-4-6-10(12(11)14)16(17)18/h4,6-7,15H,5,8-9H2,1-3H3. The topological polar surface area (TPSA) is 64.4 Å². The Bertz CT molecular complexity index is 444. The van der Waals surface area contributed by atoms with Crippen LogP contribution in [0.5, 0.6) is 5.75 Å². The van der Waals surface area contributed by atoms with Gasteiger partial charge >= 0.3 is 0 Å². The molecule has 0 amide bonds. The summed E-state index contributed by atoms with van der Waals surface area (Å²) in [5.41, 5.74) is 0.108. The van der Waals surface area contributed by atoms with Crippen molar-refractivity contribution in [2.45, 2.75) is 32.7 Å². The molecule has 0 spiro atoms. The molecule has 0 aliphatic heterocycles. The first-order valence-corrected chi connectivity index (χ1v) is 6.91. The molecule has 5 nitrogen and oxygen atoms in total. The van der Waals surface area contributed by atoms with Crippen molar-refractivity contribution in [3.05, 3.63) is 32.8 Å². The highest BCUT2D eigenvalue weighted by atomic mass is 79.9. The normalized spacial score (nSPS) is 11.4. The maximum Gasteiger partial charge on any atom is 0.287 e. The summed E-state index contributed by atoms with van der Waals surface area (Å²) < 4.78 is 5.94. The van der Waals surface area contributed by atoms with Crippen LogP contribution in [0.3, 0.4) is 0 Å². The lowest BCUT2D eigenvalue weighted by molar-refractivity contribution is -0.385. The highest BCUT2D eigenvalue weighted by Crippen LogP contribution is 2.33. The van der Waals surface area contributed by atoms with Crippen LogP contribution < -0.4 is 10.1 Å². The second kappa shape index (κ2) is 6.86. The smallest absolute Gasteiger partial charge is 0.287 e. The highest BCUT2D eigenvalue weighted by molar-refractivity contribution is 9.10. The molecule has 0 heterocycles. The lowest BCUT2D eigenvalue weighted by Gasteiger charge is -2.20. The molecule has 0 aliphatic rings. The maximum absolute atomic E-state index is 10.8. The minimum Gasteiger partial charge on any atom is -0.492 e. The third kappa shape index (κ3) is 5.57. The van der Waals surface area contributed by atoms with Gasteiger partial charge in [0, 0.05) is 11.6 Å².